The molecular weight excluding hydrogens is 287 g/mol. The van der Waals surface area contributed by atoms with Crippen LogP contribution < -0.4 is 14.2 Å². The number of hydrogen-bond donors (Lipinski definition) is 0. The fraction of sp³-hybridized carbons (Fsp3) is 0.143. The van der Waals surface area contributed by atoms with Crippen LogP contribution >= 0.6 is 23.2 Å². The summed E-state index contributed by atoms with van der Waals surface area (Å²) < 4.78 is 16.2. The van der Waals surface area contributed by atoms with Crippen LogP contribution in [0.5, 0.6) is 17.2 Å². The molecule has 0 aromatic heterocycles. The summed E-state index contributed by atoms with van der Waals surface area (Å²) in [6.07, 6.45) is 0. The molecule has 1 aliphatic rings. The van der Waals surface area contributed by atoms with Crippen LogP contribution in [0.3, 0.4) is 0 Å². The fourth-order valence-electron chi connectivity index (χ4n) is 1.79. The van der Waals surface area contributed by atoms with Gasteiger partial charge in [-0.3, -0.25) is 0 Å². The van der Waals surface area contributed by atoms with Crippen molar-refractivity contribution in [3.63, 3.8) is 0 Å². The molecule has 0 unspecified atom stereocenters. The Hall–Kier alpha value is -1.58. The molecule has 0 radical (unpaired) electrons. The number of benzene rings is 2. The molecule has 3 nitrogen and oxygen atoms in total. The maximum atomic E-state index is 6.08. The first-order valence-electron chi connectivity index (χ1n) is 5.69. The van der Waals surface area contributed by atoms with Crippen LogP contribution in [-0.2, 0) is 6.61 Å². The number of fused-ring (bicyclic) bond motifs is 1. The maximum absolute atomic E-state index is 6.08. The molecule has 1 aliphatic heterocycles. The average molecular weight is 297 g/mol. The first-order chi connectivity index (χ1) is 9.24. The van der Waals surface area contributed by atoms with Crippen LogP contribution in [0.1, 0.15) is 5.56 Å². The Bertz CT molecular complexity index is 593. The predicted octanol–water partition coefficient (Wildman–Crippen LogP) is 4.30. The largest absolute Gasteiger partial charge is 0.489 e. The minimum Gasteiger partial charge on any atom is -0.489 e. The Kier molecular flexibility index (Phi) is 3.40. The number of rotatable bonds is 3. The lowest BCUT2D eigenvalue weighted by molar-refractivity contribution is 0.173. The van der Waals surface area contributed by atoms with Crippen LogP contribution in [0.15, 0.2) is 36.4 Å². The van der Waals surface area contributed by atoms with Crippen LogP contribution in [0.2, 0.25) is 10.0 Å². The van der Waals surface area contributed by atoms with E-state index >= 15 is 0 Å². The highest BCUT2D eigenvalue weighted by atomic mass is 35.5. The summed E-state index contributed by atoms with van der Waals surface area (Å²) >= 11 is 12.2. The molecule has 0 N–H and O–H groups in total. The standard InChI is InChI=1S/C14H10Cl2O3/c15-11-2-1-3-12(16)10(11)7-17-9-4-5-13-14(6-9)19-8-18-13/h1-6H,7-8H2. The van der Waals surface area contributed by atoms with E-state index in [1.807, 2.05) is 12.1 Å². The van der Waals surface area contributed by atoms with Crippen molar-refractivity contribution in [3.8, 4) is 17.2 Å². The van der Waals surface area contributed by atoms with E-state index in [0.29, 0.717) is 28.2 Å². The SMILES string of the molecule is Clc1cccc(Cl)c1COc1ccc2c(c1)OCO2. The van der Waals surface area contributed by atoms with Gasteiger partial charge in [-0.25, -0.2) is 0 Å². The highest BCUT2D eigenvalue weighted by Gasteiger charge is 2.14. The fourth-order valence-corrected chi connectivity index (χ4v) is 2.30. The molecule has 1 heterocycles. The molecule has 0 amide bonds. The van der Waals surface area contributed by atoms with Crippen LogP contribution in [0, 0.1) is 0 Å². The molecule has 0 bridgehead atoms. The average Bonchev–Trinajstić information content (AvgIpc) is 2.85. The molecule has 0 saturated heterocycles. The van der Waals surface area contributed by atoms with Gasteiger partial charge in [0.25, 0.3) is 0 Å². The van der Waals surface area contributed by atoms with Crippen molar-refractivity contribution >= 4 is 23.2 Å². The van der Waals surface area contributed by atoms with E-state index in [4.69, 9.17) is 37.4 Å². The second-order valence-electron chi connectivity index (χ2n) is 4.00. The third kappa shape index (κ3) is 2.57. The van der Waals surface area contributed by atoms with Gasteiger partial charge in [-0.05, 0) is 24.3 Å². The van der Waals surface area contributed by atoms with E-state index in [1.54, 1.807) is 24.3 Å². The van der Waals surface area contributed by atoms with Crippen molar-refractivity contribution in [1.82, 2.24) is 0 Å². The van der Waals surface area contributed by atoms with Crippen molar-refractivity contribution in [1.29, 1.82) is 0 Å². The molecule has 3 rings (SSSR count). The van der Waals surface area contributed by atoms with Crippen molar-refractivity contribution in [2.75, 3.05) is 6.79 Å². The van der Waals surface area contributed by atoms with Gasteiger partial charge < -0.3 is 14.2 Å². The first-order valence-corrected chi connectivity index (χ1v) is 6.45. The lowest BCUT2D eigenvalue weighted by Gasteiger charge is -2.09. The van der Waals surface area contributed by atoms with Gasteiger partial charge in [-0.15, -0.1) is 0 Å². The van der Waals surface area contributed by atoms with E-state index < -0.39 is 0 Å². The third-order valence-corrected chi connectivity index (χ3v) is 3.50. The third-order valence-electron chi connectivity index (χ3n) is 2.79. The number of hydrogen-bond acceptors (Lipinski definition) is 3. The van der Waals surface area contributed by atoms with Gasteiger partial charge in [-0.2, -0.15) is 0 Å². The van der Waals surface area contributed by atoms with Crippen molar-refractivity contribution < 1.29 is 14.2 Å². The zero-order chi connectivity index (χ0) is 13.2. The van der Waals surface area contributed by atoms with E-state index in [1.165, 1.54) is 0 Å². The Morgan fingerprint density at radius 3 is 2.53 bits per heavy atom. The second kappa shape index (κ2) is 5.19. The summed E-state index contributed by atoms with van der Waals surface area (Å²) in [5, 5.41) is 1.18. The second-order valence-corrected chi connectivity index (χ2v) is 4.82. The zero-order valence-corrected chi connectivity index (χ0v) is 11.4. The summed E-state index contributed by atoms with van der Waals surface area (Å²) in [7, 11) is 0. The molecule has 98 valence electrons. The van der Waals surface area contributed by atoms with Crippen LogP contribution in [0.25, 0.3) is 0 Å². The molecule has 2 aromatic carbocycles. The Morgan fingerprint density at radius 1 is 1.00 bits per heavy atom. The summed E-state index contributed by atoms with van der Waals surface area (Å²) in [5.74, 6) is 2.09. The van der Waals surface area contributed by atoms with E-state index in [2.05, 4.69) is 0 Å². The molecule has 5 heteroatoms. The quantitative estimate of drug-likeness (QED) is 0.845. The molecule has 2 aromatic rings. The van der Waals surface area contributed by atoms with Gasteiger partial charge in [0.15, 0.2) is 11.5 Å². The monoisotopic (exact) mass is 296 g/mol. The van der Waals surface area contributed by atoms with Gasteiger partial charge >= 0.3 is 0 Å². The molecule has 0 spiro atoms. The van der Waals surface area contributed by atoms with Crippen molar-refractivity contribution in [2.24, 2.45) is 0 Å². The van der Waals surface area contributed by atoms with Gasteiger partial charge in [0.2, 0.25) is 6.79 Å². The minimum absolute atomic E-state index is 0.245. The molecule has 19 heavy (non-hydrogen) atoms. The summed E-state index contributed by atoms with van der Waals surface area (Å²) in [4.78, 5) is 0. The van der Waals surface area contributed by atoms with Gasteiger partial charge in [0, 0.05) is 21.7 Å². The van der Waals surface area contributed by atoms with E-state index in [-0.39, 0.29) is 6.79 Å². The minimum atomic E-state index is 0.245. The first kappa shape index (κ1) is 12.5. The van der Waals surface area contributed by atoms with Crippen molar-refractivity contribution in [3.05, 3.63) is 52.0 Å². The summed E-state index contributed by atoms with van der Waals surface area (Å²) in [6.45, 7) is 0.549. The highest BCUT2D eigenvalue weighted by molar-refractivity contribution is 6.35. The Labute approximate surface area is 120 Å². The zero-order valence-electron chi connectivity index (χ0n) is 9.86. The van der Waals surface area contributed by atoms with Gasteiger partial charge in [0.05, 0.1) is 0 Å². The van der Waals surface area contributed by atoms with Gasteiger partial charge in [0.1, 0.15) is 12.4 Å². The number of halogens is 2. The van der Waals surface area contributed by atoms with E-state index in [0.717, 1.165) is 11.3 Å². The number of ether oxygens (including phenoxy) is 3. The molecule has 0 aliphatic carbocycles. The smallest absolute Gasteiger partial charge is 0.231 e. The maximum Gasteiger partial charge on any atom is 0.231 e. The Morgan fingerprint density at radius 2 is 1.74 bits per heavy atom. The molecular formula is C14H10Cl2O3. The topological polar surface area (TPSA) is 27.7 Å². The molecule has 0 fully saturated rings. The van der Waals surface area contributed by atoms with E-state index in [9.17, 15) is 0 Å². The lowest BCUT2D eigenvalue weighted by atomic mass is 10.2. The molecule has 0 saturated carbocycles. The Balaban J connectivity index is 1.76. The van der Waals surface area contributed by atoms with Crippen LogP contribution in [-0.4, -0.2) is 6.79 Å². The highest BCUT2D eigenvalue weighted by Crippen LogP contribution is 2.35. The van der Waals surface area contributed by atoms with Crippen molar-refractivity contribution in [2.45, 2.75) is 6.61 Å². The van der Waals surface area contributed by atoms with Gasteiger partial charge in [-0.1, -0.05) is 29.3 Å². The lowest BCUT2D eigenvalue weighted by Crippen LogP contribution is -1.97. The summed E-state index contributed by atoms with van der Waals surface area (Å²) in [6, 6.07) is 10.8. The molecule has 0 atom stereocenters. The predicted molar refractivity (Wildman–Crippen MR) is 73.4 cm³/mol. The normalized spacial score (nSPS) is 12.5. The summed E-state index contributed by atoms with van der Waals surface area (Å²) in [5.41, 5.74) is 0.767. The van der Waals surface area contributed by atoms with Crippen LogP contribution in [0.4, 0.5) is 0 Å².